The van der Waals surface area contributed by atoms with Gasteiger partial charge in [0.15, 0.2) is 0 Å². The van der Waals surface area contributed by atoms with Crippen molar-refractivity contribution in [3.05, 3.63) is 22.6 Å². The molecular formula is C5H5N5O. The van der Waals surface area contributed by atoms with Crippen LogP contribution in [-0.2, 0) is 0 Å². The number of aromatic amines is 1. The van der Waals surface area contributed by atoms with Gasteiger partial charge in [0.2, 0.25) is 5.95 Å². The number of anilines is 1. The van der Waals surface area contributed by atoms with Crippen molar-refractivity contribution >= 4 is 11.7 Å². The molecule has 0 aliphatic rings. The summed E-state index contributed by atoms with van der Waals surface area (Å²) in [7, 11) is 0. The van der Waals surface area contributed by atoms with Crippen molar-refractivity contribution in [2.75, 3.05) is 5.73 Å². The van der Waals surface area contributed by atoms with E-state index in [-0.39, 0.29) is 17.3 Å². The van der Waals surface area contributed by atoms with Crippen molar-refractivity contribution in [1.29, 1.82) is 0 Å². The average molecular weight is 151 g/mol. The van der Waals surface area contributed by atoms with Crippen molar-refractivity contribution in [2.24, 2.45) is 0 Å². The molecule has 0 aromatic carbocycles. The highest BCUT2D eigenvalue weighted by Gasteiger charge is 1.99. The van der Waals surface area contributed by atoms with Crippen LogP contribution in [0.3, 0.4) is 0 Å². The fourth-order valence-electron chi connectivity index (χ4n) is 0.830. The van der Waals surface area contributed by atoms with E-state index in [0.29, 0.717) is 0 Å². The Kier molecular flexibility index (Phi) is 0.974. The van der Waals surface area contributed by atoms with Crippen LogP contribution in [-0.4, -0.2) is 19.6 Å². The molecule has 0 aliphatic heterocycles. The standard InChI is InChI=1S/C5H5N5O/c6-4-8-5-7-2-1-3(11)10(5)9-4/h1-2H,(H3,6,7,8,9). The summed E-state index contributed by atoms with van der Waals surface area (Å²) in [5, 5.41) is 2.54. The number of fused-ring (bicyclic) bond motifs is 1. The van der Waals surface area contributed by atoms with Crippen molar-refractivity contribution in [1.82, 2.24) is 19.6 Å². The number of H-pyrrole nitrogens is 1. The first-order chi connectivity index (χ1) is 5.27. The number of hydrogen-bond donors (Lipinski definition) is 2. The molecule has 2 aromatic heterocycles. The fourth-order valence-corrected chi connectivity index (χ4v) is 0.830. The number of nitrogen functional groups attached to an aromatic ring is 1. The molecule has 0 saturated carbocycles. The van der Waals surface area contributed by atoms with E-state index in [1.54, 1.807) is 0 Å². The summed E-state index contributed by atoms with van der Waals surface area (Å²) >= 11 is 0. The molecule has 0 radical (unpaired) electrons. The molecule has 0 aliphatic carbocycles. The molecule has 2 heterocycles. The molecule has 0 fully saturated rings. The smallest absolute Gasteiger partial charge is 0.273 e. The monoisotopic (exact) mass is 151 g/mol. The predicted octanol–water partition coefficient (Wildman–Crippen LogP) is -1.00. The van der Waals surface area contributed by atoms with Gasteiger partial charge < -0.3 is 5.73 Å². The molecule has 56 valence electrons. The van der Waals surface area contributed by atoms with Gasteiger partial charge in [0, 0.05) is 12.3 Å². The SMILES string of the molecule is Nc1nc2nccc(=O)n2[nH]1. The largest absolute Gasteiger partial charge is 0.368 e. The summed E-state index contributed by atoms with van der Waals surface area (Å²) in [4.78, 5) is 18.5. The Morgan fingerprint density at radius 1 is 1.64 bits per heavy atom. The second-order valence-corrected chi connectivity index (χ2v) is 2.03. The molecule has 6 heteroatoms. The van der Waals surface area contributed by atoms with Gasteiger partial charge in [-0.25, -0.2) is 4.98 Å². The maximum Gasteiger partial charge on any atom is 0.273 e. The second-order valence-electron chi connectivity index (χ2n) is 2.03. The number of nitrogens with zero attached hydrogens (tertiary/aromatic N) is 3. The number of nitrogens with two attached hydrogens (primary N) is 1. The lowest BCUT2D eigenvalue weighted by Gasteiger charge is -1.84. The first-order valence-electron chi connectivity index (χ1n) is 2.96. The van der Waals surface area contributed by atoms with Crippen molar-refractivity contribution in [2.45, 2.75) is 0 Å². The first-order valence-corrected chi connectivity index (χ1v) is 2.96. The quantitative estimate of drug-likeness (QED) is 0.505. The molecule has 0 saturated heterocycles. The lowest BCUT2D eigenvalue weighted by molar-refractivity contribution is 0.903. The third-order valence-electron chi connectivity index (χ3n) is 1.27. The molecule has 11 heavy (non-hydrogen) atoms. The van der Waals surface area contributed by atoms with Gasteiger partial charge in [0.1, 0.15) is 0 Å². The first kappa shape index (κ1) is 5.90. The minimum atomic E-state index is -0.223. The van der Waals surface area contributed by atoms with E-state index in [2.05, 4.69) is 15.1 Å². The topological polar surface area (TPSA) is 89.1 Å². The van der Waals surface area contributed by atoms with Gasteiger partial charge in [-0.15, -0.1) is 0 Å². The van der Waals surface area contributed by atoms with Gasteiger partial charge in [0.05, 0.1) is 0 Å². The summed E-state index contributed by atoms with van der Waals surface area (Å²) < 4.78 is 1.18. The van der Waals surface area contributed by atoms with E-state index in [9.17, 15) is 4.79 Å². The third-order valence-corrected chi connectivity index (χ3v) is 1.27. The van der Waals surface area contributed by atoms with Crippen LogP contribution in [0.15, 0.2) is 17.1 Å². The molecular weight excluding hydrogens is 146 g/mol. The van der Waals surface area contributed by atoms with E-state index in [1.165, 1.54) is 16.8 Å². The van der Waals surface area contributed by atoms with E-state index < -0.39 is 0 Å². The Hall–Kier alpha value is -1.85. The maximum atomic E-state index is 11.0. The third kappa shape index (κ3) is 0.759. The predicted molar refractivity (Wildman–Crippen MR) is 38.0 cm³/mol. The molecule has 0 spiro atoms. The highest BCUT2D eigenvalue weighted by molar-refractivity contribution is 5.32. The van der Waals surface area contributed by atoms with Gasteiger partial charge in [0.25, 0.3) is 11.3 Å². The molecule has 0 amide bonds. The van der Waals surface area contributed by atoms with Crippen molar-refractivity contribution in [3.63, 3.8) is 0 Å². The maximum absolute atomic E-state index is 11.0. The summed E-state index contributed by atoms with van der Waals surface area (Å²) in [6.07, 6.45) is 1.39. The Labute approximate surface area is 60.7 Å². The van der Waals surface area contributed by atoms with Gasteiger partial charge in [-0.1, -0.05) is 0 Å². The van der Waals surface area contributed by atoms with Crippen LogP contribution in [0, 0.1) is 0 Å². The number of hydrogen-bond acceptors (Lipinski definition) is 4. The minimum Gasteiger partial charge on any atom is -0.368 e. The molecule has 0 atom stereocenters. The number of nitrogens with one attached hydrogen (secondary N) is 1. The zero-order chi connectivity index (χ0) is 7.84. The molecule has 6 nitrogen and oxygen atoms in total. The van der Waals surface area contributed by atoms with E-state index in [1.807, 2.05) is 0 Å². The van der Waals surface area contributed by atoms with Crippen LogP contribution >= 0.6 is 0 Å². The van der Waals surface area contributed by atoms with Crippen LogP contribution in [0.25, 0.3) is 5.78 Å². The van der Waals surface area contributed by atoms with E-state index in [4.69, 9.17) is 5.73 Å². The molecule has 0 unspecified atom stereocenters. The number of aromatic nitrogens is 4. The number of rotatable bonds is 0. The van der Waals surface area contributed by atoms with Crippen LogP contribution in [0.4, 0.5) is 5.95 Å². The van der Waals surface area contributed by atoms with Crippen LogP contribution in [0.2, 0.25) is 0 Å². The molecule has 3 N–H and O–H groups in total. The molecule has 2 rings (SSSR count). The van der Waals surface area contributed by atoms with Gasteiger partial charge >= 0.3 is 0 Å². The lowest BCUT2D eigenvalue weighted by Crippen LogP contribution is -2.12. The van der Waals surface area contributed by atoms with E-state index in [0.717, 1.165) is 0 Å². The highest BCUT2D eigenvalue weighted by atomic mass is 16.1. The normalized spacial score (nSPS) is 10.5. The van der Waals surface area contributed by atoms with Gasteiger partial charge in [-0.3, -0.25) is 9.89 Å². The minimum absolute atomic E-state index is 0.181. The van der Waals surface area contributed by atoms with Crippen LogP contribution in [0.1, 0.15) is 0 Å². The van der Waals surface area contributed by atoms with Crippen molar-refractivity contribution < 1.29 is 0 Å². The highest BCUT2D eigenvalue weighted by Crippen LogP contribution is 1.92. The fraction of sp³-hybridized carbons (Fsp3) is 0. The Morgan fingerprint density at radius 2 is 2.45 bits per heavy atom. The average Bonchev–Trinajstić information content (AvgIpc) is 2.31. The van der Waals surface area contributed by atoms with Gasteiger partial charge in [-0.2, -0.15) is 9.50 Å². The van der Waals surface area contributed by atoms with Crippen LogP contribution < -0.4 is 11.3 Å². The Bertz CT molecular complexity index is 441. The molecule has 2 aromatic rings. The Balaban J connectivity index is 3.02. The van der Waals surface area contributed by atoms with Crippen molar-refractivity contribution in [3.8, 4) is 0 Å². The summed E-state index contributed by atoms with van der Waals surface area (Å²) in [6, 6.07) is 1.32. The van der Waals surface area contributed by atoms with Gasteiger partial charge in [-0.05, 0) is 0 Å². The summed E-state index contributed by atoms with van der Waals surface area (Å²) in [6.45, 7) is 0. The Morgan fingerprint density at radius 3 is 3.18 bits per heavy atom. The second kappa shape index (κ2) is 1.82. The summed E-state index contributed by atoms with van der Waals surface area (Å²) in [5.41, 5.74) is 5.07. The lowest BCUT2D eigenvalue weighted by atomic mass is 10.7. The zero-order valence-electron chi connectivity index (χ0n) is 5.48. The molecule has 0 bridgehead atoms. The summed E-state index contributed by atoms with van der Waals surface area (Å²) in [5.74, 6) is 0.468. The van der Waals surface area contributed by atoms with Crippen LogP contribution in [0.5, 0.6) is 0 Å². The zero-order valence-corrected chi connectivity index (χ0v) is 5.48. The van der Waals surface area contributed by atoms with E-state index >= 15 is 0 Å².